The van der Waals surface area contributed by atoms with E-state index in [1.54, 1.807) is 0 Å². The Morgan fingerprint density at radius 1 is 1.35 bits per heavy atom. The van der Waals surface area contributed by atoms with Gasteiger partial charge in [-0.15, -0.1) is 0 Å². The normalized spacial score (nSPS) is 22.4. The van der Waals surface area contributed by atoms with E-state index in [9.17, 15) is 9.59 Å². The van der Waals surface area contributed by atoms with Crippen molar-refractivity contribution in [3.8, 4) is 0 Å². The minimum Gasteiger partial charge on any atom is -0.467 e. The quantitative estimate of drug-likeness (QED) is 0.618. The first-order valence-corrected chi connectivity index (χ1v) is 6.98. The molecule has 1 rings (SSSR count). The number of amides is 1. The standard InChI is InChI=1S/C14H25NO5/c1-13(2,3)20-12(17)15-9-5-7-14(11(16)18-4)8-6-10-19-14/h5-10H2,1-4H3,(H,15,17). The van der Waals surface area contributed by atoms with Crippen LogP contribution in [0.5, 0.6) is 0 Å². The summed E-state index contributed by atoms with van der Waals surface area (Å²) in [5, 5.41) is 2.67. The Kier molecular flexibility index (Phi) is 5.80. The van der Waals surface area contributed by atoms with E-state index in [0.29, 0.717) is 32.4 Å². The van der Waals surface area contributed by atoms with Gasteiger partial charge in [0.15, 0.2) is 5.60 Å². The van der Waals surface area contributed by atoms with Crippen molar-refractivity contribution in [2.24, 2.45) is 0 Å². The molecule has 0 bridgehead atoms. The van der Waals surface area contributed by atoms with E-state index >= 15 is 0 Å². The van der Waals surface area contributed by atoms with Crippen LogP contribution in [0.4, 0.5) is 4.79 Å². The van der Waals surface area contributed by atoms with Gasteiger partial charge in [-0.1, -0.05) is 0 Å². The number of esters is 1. The van der Waals surface area contributed by atoms with Gasteiger partial charge in [0.25, 0.3) is 0 Å². The van der Waals surface area contributed by atoms with Gasteiger partial charge in [0, 0.05) is 13.2 Å². The molecule has 0 spiro atoms. The van der Waals surface area contributed by atoms with E-state index < -0.39 is 17.3 Å². The van der Waals surface area contributed by atoms with Gasteiger partial charge in [0.05, 0.1) is 7.11 Å². The zero-order chi connectivity index (χ0) is 15.2. The van der Waals surface area contributed by atoms with Gasteiger partial charge in [-0.05, 0) is 46.5 Å². The monoisotopic (exact) mass is 287 g/mol. The number of alkyl carbamates (subject to hydrolysis) is 1. The van der Waals surface area contributed by atoms with Crippen molar-refractivity contribution in [3.05, 3.63) is 0 Å². The van der Waals surface area contributed by atoms with E-state index in [1.807, 2.05) is 20.8 Å². The Balaban J connectivity index is 2.32. The number of rotatable bonds is 5. The van der Waals surface area contributed by atoms with Crippen LogP contribution in [0.15, 0.2) is 0 Å². The van der Waals surface area contributed by atoms with Crippen LogP contribution in [0.3, 0.4) is 0 Å². The maximum atomic E-state index is 11.8. The van der Waals surface area contributed by atoms with Gasteiger partial charge in [-0.25, -0.2) is 9.59 Å². The highest BCUT2D eigenvalue weighted by molar-refractivity contribution is 5.79. The molecule has 0 saturated carbocycles. The lowest BCUT2D eigenvalue weighted by Gasteiger charge is -2.25. The summed E-state index contributed by atoms with van der Waals surface area (Å²) in [4.78, 5) is 23.3. The largest absolute Gasteiger partial charge is 0.467 e. The van der Waals surface area contributed by atoms with Crippen LogP contribution < -0.4 is 5.32 Å². The lowest BCUT2D eigenvalue weighted by molar-refractivity contribution is -0.164. The van der Waals surface area contributed by atoms with Crippen LogP contribution in [-0.2, 0) is 19.0 Å². The summed E-state index contributed by atoms with van der Waals surface area (Å²) in [5.41, 5.74) is -1.34. The molecular formula is C14H25NO5. The third kappa shape index (κ3) is 5.00. The summed E-state index contributed by atoms with van der Waals surface area (Å²) in [6.45, 7) is 6.45. The highest BCUT2D eigenvalue weighted by Crippen LogP contribution is 2.31. The van der Waals surface area contributed by atoms with E-state index in [4.69, 9.17) is 14.2 Å². The average Bonchev–Trinajstić information content (AvgIpc) is 2.81. The Labute approximate surface area is 120 Å². The van der Waals surface area contributed by atoms with Crippen LogP contribution in [0.1, 0.15) is 46.5 Å². The summed E-state index contributed by atoms with van der Waals surface area (Å²) < 4.78 is 15.5. The van der Waals surface area contributed by atoms with Crippen molar-refractivity contribution in [1.29, 1.82) is 0 Å². The van der Waals surface area contributed by atoms with Crippen molar-refractivity contribution >= 4 is 12.1 Å². The number of ether oxygens (including phenoxy) is 3. The summed E-state index contributed by atoms with van der Waals surface area (Å²) in [6, 6.07) is 0. The molecule has 1 amide bonds. The van der Waals surface area contributed by atoms with Crippen LogP contribution in [0, 0.1) is 0 Å². The molecule has 0 aromatic heterocycles. The first-order valence-electron chi connectivity index (χ1n) is 6.98. The zero-order valence-electron chi connectivity index (χ0n) is 12.8. The molecule has 1 N–H and O–H groups in total. The van der Waals surface area contributed by atoms with Gasteiger partial charge in [-0.2, -0.15) is 0 Å². The highest BCUT2D eigenvalue weighted by atomic mass is 16.6. The number of nitrogens with one attached hydrogen (secondary N) is 1. The summed E-state index contributed by atoms with van der Waals surface area (Å²) in [6.07, 6.45) is 2.25. The number of carbonyl (C=O) groups is 2. The molecule has 0 aromatic rings. The molecule has 1 unspecified atom stereocenters. The molecule has 1 aliphatic heterocycles. The predicted octanol–water partition coefficient (Wildman–Crippen LogP) is 2.01. The number of hydrogen-bond acceptors (Lipinski definition) is 5. The molecule has 0 aliphatic carbocycles. The summed E-state index contributed by atoms with van der Waals surface area (Å²) in [5.74, 6) is -0.327. The molecule has 1 aliphatic rings. The first kappa shape index (κ1) is 16.8. The van der Waals surface area contributed by atoms with Crippen molar-refractivity contribution in [2.45, 2.75) is 57.7 Å². The molecule has 1 atom stereocenters. The van der Waals surface area contributed by atoms with E-state index in [1.165, 1.54) is 7.11 Å². The highest BCUT2D eigenvalue weighted by Gasteiger charge is 2.43. The maximum absolute atomic E-state index is 11.8. The molecule has 20 heavy (non-hydrogen) atoms. The van der Waals surface area contributed by atoms with E-state index in [-0.39, 0.29) is 5.97 Å². The lowest BCUT2D eigenvalue weighted by atomic mass is 9.94. The smallest absolute Gasteiger partial charge is 0.407 e. The Hall–Kier alpha value is -1.30. The molecular weight excluding hydrogens is 262 g/mol. The second-order valence-electron chi connectivity index (χ2n) is 5.97. The van der Waals surface area contributed by atoms with Crippen molar-refractivity contribution in [3.63, 3.8) is 0 Å². The fourth-order valence-electron chi connectivity index (χ4n) is 2.22. The van der Waals surface area contributed by atoms with Crippen LogP contribution in [0.25, 0.3) is 0 Å². The third-order valence-electron chi connectivity index (χ3n) is 3.09. The fourth-order valence-corrected chi connectivity index (χ4v) is 2.22. The minimum absolute atomic E-state index is 0.327. The van der Waals surface area contributed by atoms with Gasteiger partial charge < -0.3 is 19.5 Å². The van der Waals surface area contributed by atoms with E-state index in [2.05, 4.69) is 5.32 Å². The molecule has 1 saturated heterocycles. The molecule has 0 aromatic carbocycles. The molecule has 1 heterocycles. The number of hydrogen-bond donors (Lipinski definition) is 1. The SMILES string of the molecule is COC(=O)C1(CCCNC(=O)OC(C)(C)C)CCCO1. The van der Waals surface area contributed by atoms with Crippen LogP contribution in [0.2, 0.25) is 0 Å². The van der Waals surface area contributed by atoms with Gasteiger partial charge >= 0.3 is 12.1 Å². The second kappa shape index (κ2) is 6.92. The minimum atomic E-state index is -0.829. The summed E-state index contributed by atoms with van der Waals surface area (Å²) in [7, 11) is 1.37. The third-order valence-corrected chi connectivity index (χ3v) is 3.09. The number of methoxy groups -OCH3 is 1. The average molecular weight is 287 g/mol. The molecule has 6 heteroatoms. The Morgan fingerprint density at radius 2 is 2.05 bits per heavy atom. The molecule has 1 fully saturated rings. The van der Waals surface area contributed by atoms with Gasteiger partial charge in [0.1, 0.15) is 5.60 Å². The fraction of sp³-hybridized carbons (Fsp3) is 0.857. The Morgan fingerprint density at radius 3 is 2.55 bits per heavy atom. The lowest BCUT2D eigenvalue weighted by Crippen LogP contribution is -2.40. The molecule has 0 radical (unpaired) electrons. The van der Waals surface area contributed by atoms with Crippen LogP contribution in [-0.4, -0.2) is 43.5 Å². The van der Waals surface area contributed by atoms with Gasteiger partial charge in [0.2, 0.25) is 0 Å². The number of carbonyl (C=O) groups excluding carboxylic acids is 2. The second-order valence-corrected chi connectivity index (χ2v) is 5.97. The van der Waals surface area contributed by atoms with Gasteiger partial charge in [-0.3, -0.25) is 0 Å². The maximum Gasteiger partial charge on any atom is 0.407 e. The van der Waals surface area contributed by atoms with Crippen LogP contribution >= 0.6 is 0 Å². The first-order chi connectivity index (χ1) is 9.29. The van der Waals surface area contributed by atoms with E-state index in [0.717, 1.165) is 6.42 Å². The molecule has 116 valence electrons. The topological polar surface area (TPSA) is 73.9 Å². The summed E-state index contributed by atoms with van der Waals surface area (Å²) >= 11 is 0. The Bertz CT molecular complexity index is 342. The molecule has 6 nitrogen and oxygen atoms in total. The van der Waals surface area contributed by atoms with Crippen molar-refractivity contribution < 1.29 is 23.8 Å². The predicted molar refractivity (Wildman–Crippen MR) is 73.4 cm³/mol. The van der Waals surface area contributed by atoms with Crippen molar-refractivity contribution in [1.82, 2.24) is 5.32 Å². The van der Waals surface area contributed by atoms with Crippen molar-refractivity contribution in [2.75, 3.05) is 20.3 Å². The zero-order valence-corrected chi connectivity index (χ0v) is 12.8.